The number of anilines is 1. The number of carbonyl (C=O) groups is 1. The van der Waals surface area contributed by atoms with Crippen molar-refractivity contribution < 1.29 is 28.2 Å². The van der Waals surface area contributed by atoms with Gasteiger partial charge in [0, 0.05) is 17.5 Å². The lowest BCUT2D eigenvalue weighted by Crippen LogP contribution is -2.32. The molecular weight excluding hydrogens is 468 g/mol. The van der Waals surface area contributed by atoms with E-state index in [4.69, 9.17) is 28.3 Å². The van der Waals surface area contributed by atoms with Gasteiger partial charge >= 0.3 is 0 Å². The number of carbonyl (C=O) groups excluding carboxylic acids is 1. The summed E-state index contributed by atoms with van der Waals surface area (Å²) in [6, 6.07) is 14.6. The first-order chi connectivity index (χ1) is 17.1. The number of aromatic nitrogens is 1. The van der Waals surface area contributed by atoms with Crippen LogP contribution in [0.1, 0.15) is 16.1 Å². The number of hydrogen-bond acceptors (Lipinski definition) is 8. The van der Waals surface area contributed by atoms with Gasteiger partial charge in [0.25, 0.3) is 5.91 Å². The predicted octanol–water partition coefficient (Wildman–Crippen LogP) is 5.33. The van der Waals surface area contributed by atoms with Crippen molar-refractivity contribution in [2.75, 3.05) is 39.9 Å². The fraction of sp³-hybridized carbons (Fsp3) is 0.231. The minimum absolute atomic E-state index is 0.244. The fourth-order valence-electron chi connectivity index (χ4n) is 3.62. The summed E-state index contributed by atoms with van der Waals surface area (Å²) in [6.07, 6.45) is 2.05. The Balaban J connectivity index is 1.65. The first-order valence-corrected chi connectivity index (χ1v) is 11.7. The van der Waals surface area contributed by atoms with Crippen LogP contribution in [0, 0.1) is 0 Å². The maximum Gasteiger partial charge on any atom is 0.295 e. The number of hydrogen-bond donors (Lipinski definition) is 0. The second-order valence-electron chi connectivity index (χ2n) is 7.45. The van der Waals surface area contributed by atoms with E-state index in [2.05, 4.69) is 0 Å². The molecule has 0 N–H and O–H groups in total. The predicted molar refractivity (Wildman–Crippen MR) is 134 cm³/mol. The number of thiazole rings is 1. The lowest BCUT2D eigenvalue weighted by atomic mass is 10.1. The molecule has 0 saturated carbocycles. The molecule has 4 rings (SSSR count). The molecule has 0 fully saturated rings. The third-order valence-corrected chi connectivity index (χ3v) is 6.32. The summed E-state index contributed by atoms with van der Waals surface area (Å²) in [5.41, 5.74) is 2.45. The molecule has 0 spiro atoms. The van der Waals surface area contributed by atoms with E-state index in [0.717, 1.165) is 11.1 Å². The molecule has 8 nitrogen and oxygen atoms in total. The Hall–Kier alpha value is -3.98. The quantitative estimate of drug-likeness (QED) is 0.295. The Kier molecular flexibility index (Phi) is 7.57. The van der Waals surface area contributed by atoms with E-state index in [1.165, 1.54) is 17.6 Å². The molecule has 4 aromatic rings. The summed E-state index contributed by atoms with van der Waals surface area (Å²) in [6.45, 7) is 0.386. The lowest BCUT2D eigenvalue weighted by Gasteiger charge is -2.19. The molecule has 0 aliphatic carbocycles. The van der Waals surface area contributed by atoms with E-state index in [1.807, 2.05) is 41.8 Å². The molecule has 2 heterocycles. The van der Waals surface area contributed by atoms with Crippen LogP contribution in [0.5, 0.6) is 23.0 Å². The molecule has 0 bridgehead atoms. The Bertz CT molecular complexity index is 1290. The Morgan fingerprint density at radius 3 is 2.40 bits per heavy atom. The second-order valence-corrected chi connectivity index (χ2v) is 8.29. The minimum atomic E-state index is -0.269. The molecule has 0 radical (unpaired) electrons. The van der Waals surface area contributed by atoms with Gasteiger partial charge in [-0.15, -0.1) is 11.3 Å². The molecule has 9 heteroatoms. The van der Waals surface area contributed by atoms with Gasteiger partial charge in [0.05, 0.1) is 40.4 Å². The first-order valence-electron chi connectivity index (χ1n) is 10.8. The summed E-state index contributed by atoms with van der Waals surface area (Å²) in [4.78, 5) is 19.7. The maximum absolute atomic E-state index is 13.3. The molecule has 0 atom stereocenters. The number of furan rings is 1. The van der Waals surface area contributed by atoms with E-state index in [-0.39, 0.29) is 11.7 Å². The van der Waals surface area contributed by atoms with Gasteiger partial charge in [-0.3, -0.25) is 9.69 Å². The zero-order chi connectivity index (χ0) is 24.8. The maximum atomic E-state index is 13.3. The molecule has 0 saturated heterocycles. The number of rotatable bonds is 10. The number of amides is 1. The van der Waals surface area contributed by atoms with Crippen LogP contribution in [-0.4, -0.2) is 45.9 Å². The van der Waals surface area contributed by atoms with Gasteiger partial charge in [-0.1, -0.05) is 6.07 Å². The second kappa shape index (κ2) is 11.0. The molecule has 2 aromatic heterocycles. The van der Waals surface area contributed by atoms with Gasteiger partial charge in [-0.25, -0.2) is 4.98 Å². The lowest BCUT2D eigenvalue weighted by molar-refractivity contribution is 0.0960. The van der Waals surface area contributed by atoms with E-state index < -0.39 is 0 Å². The van der Waals surface area contributed by atoms with Crippen LogP contribution < -0.4 is 23.8 Å². The van der Waals surface area contributed by atoms with Crippen molar-refractivity contribution in [3.05, 3.63) is 71.5 Å². The molecule has 0 unspecified atom stereocenters. The molecule has 182 valence electrons. The van der Waals surface area contributed by atoms with E-state index in [1.54, 1.807) is 45.5 Å². The van der Waals surface area contributed by atoms with Crippen molar-refractivity contribution in [2.45, 2.75) is 6.42 Å². The molecule has 2 aromatic carbocycles. The van der Waals surface area contributed by atoms with E-state index in [0.29, 0.717) is 46.8 Å². The third kappa shape index (κ3) is 5.25. The van der Waals surface area contributed by atoms with Crippen LogP contribution in [0.3, 0.4) is 0 Å². The number of benzene rings is 2. The van der Waals surface area contributed by atoms with Crippen molar-refractivity contribution in [3.63, 3.8) is 0 Å². The van der Waals surface area contributed by atoms with Crippen molar-refractivity contribution >= 4 is 22.4 Å². The Morgan fingerprint density at radius 2 is 1.71 bits per heavy atom. The molecule has 1 amide bonds. The summed E-state index contributed by atoms with van der Waals surface area (Å²) >= 11 is 1.37. The molecule has 35 heavy (non-hydrogen) atoms. The Labute approximate surface area is 207 Å². The highest BCUT2D eigenvalue weighted by molar-refractivity contribution is 7.14. The van der Waals surface area contributed by atoms with Gasteiger partial charge < -0.3 is 23.4 Å². The van der Waals surface area contributed by atoms with Crippen LogP contribution in [0.2, 0.25) is 0 Å². The van der Waals surface area contributed by atoms with Crippen LogP contribution in [0.15, 0.2) is 64.6 Å². The number of ether oxygens (including phenoxy) is 4. The standard InChI is InChI=1S/C26H26N2O6S/c1-30-18-8-10-21(31-2)19(15-18)20-16-35-26(27-20)28(25(29)23-6-5-13-34-23)12-11-17-7-9-22(32-3)24(14-17)33-4/h5-10,13-16H,11-12H2,1-4H3. The monoisotopic (exact) mass is 494 g/mol. The van der Waals surface area contributed by atoms with Gasteiger partial charge in [-0.05, 0) is 54.4 Å². The van der Waals surface area contributed by atoms with E-state index in [9.17, 15) is 4.79 Å². The average Bonchev–Trinajstić information content (AvgIpc) is 3.61. The first kappa shape index (κ1) is 24.2. The zero-order valence-corrected chi connectivity index (χ0v) is 20.8. The topological polar surface area (TPSA) is 83.3 Å². The number of nitrogens with zero attached hydrogens (tertiary/aromatic N) is 2. The van der Waals surface area contributed by atoms with Crippen LogP contribution in [0.4, 0.5) is 5.13 Å². The summed E-state index contributed by atoms with van der Waals surface area (Å²) < 4.78 is 27.0. The fourth-order valence-corrected chi connectivity index (χ4v) is 4.47. The highest BCUT2D eigenvalue weighted by Gasteiger charge is 2.24. The summed E-state index contributed by atoms with van der Waals surface area (Å²) in [5, 5.41) is 2.44. The third-order valence-electron chi connectivity index (χ3n) is 5.45. The van der Waals surface area contributed by atoms with Crippen molar-refractivity contribution in [2.24, 2.45) is 0 Å². The van der Waals surface area contributed by atoms with Gasteiger partial charge in [0.2, 0.25) is 0 Å². The molecule has 0 aliphatic rings. The zero-order valence-electron chi connectivity index (χ0n) is 19.9. The SMILES string of the molecule is COc1ccc(OC)c(-c2csc(N(CCc3ccc(OC)c(OC)c3)C(=O)c3ccco3)n2)c1. The molecule has 0 aliphatic heterocycles. The Morgan fingerprint density at radius 1 is 0.943 bits per heavy atom. The summed E-state index contributed by atoms with van der Waals surface area (Å²) in [7, 11) is 6.40. The molecular formula is C26H26N2O6S. The summed E-state index contributed by atoms with van der Waals surface area (Å²) in [5.74, 6) is 2.61. The normalized spacial score (nSPS) is 10.6. The average molecular weight is 495 g/mol. The van der Waals surface area contributed by atoms with Gasteiger partial charge in [0.15, 0.2) is 22.4 Å². The minimum Gasteiger partial charge on any atom is -0.497 e. The highest BCUT2D eigenvalue weighted by Crippen LogP contribution is 2.36. The highest BCUT2D eigenvalue weighted by atomic mass is 32.1. The van der Waals surface area contributed by atoms with Crippen molar-refractivity contribution in [3.8, 4) is 34.3 Å². The van der Waals surface area contributed by atoms with Crippen LogP contribution in [-0.2, 0) is 6.42 Å². The van der Waals surface area contributed by atoms with Crippen LogP contribution in [0.25, 0.3) is 11.3 Å². The van der Waals surface area contributed by atoms with Gasteiger partial charge in [0.1, 0.15) is 11.5 Å². The van der Waals surface area contributed by atoms with Crippen molar-refractivity contribution in [1.82, 2.24) is 4.98 Å². The largest absolute Gasteiger partial charge is 0.497 e. The van der Waals surface area contributed by atoms with Crippen LogP contribution >= 0.6 is 11.3 Å². The number of methoxy groups -OCH3 is 4. The smallest absolute Gasteiger partial charge is 0.295 e. The van der Waals surface area contributed by atoms with Gasteiger partial charge in [-0.2, -0.15) is 0 Å². The van der Waals surface area contributed by atoms with E-state index >= 15 is 0 Å². The van der Waals surface area contributed by atoms with Crippen molar-refractivity contribution in [1.29, 1.82) is 0 Å².